The van der Waals surface area contributed by atoms with Crippen molar-refractivity contribution >= 4 is 16.9 Å². The van der Waals surface area contributed by atoms with Crippen LogP contribution in [0.1, 0.15) is 17.5 Å². The van der Waals surface area contributed by atoms with Crippen LogP contribution in [0.4, 0.5) is 0 Å². The standard InChI is InChI=1S/C13H17N3O/c1-9-6-11-12(7-10(9)2)16(8-15-11)5-4-13(17)14-3/h6-8H,4-5H2,1-3H3,(H,14,17). The Morgan fingerprint density at radius 2 is 2.06 bits per heavy atom. The maximum absolute atomic E-state index is 11.2. The van der Waals surface area contributed by atoms with Gasteiger partial charge in [0.25, 0.3) is 0 Å². The van der Waals surface area contributed by atoms with Gasteiger partial charge in [-0.25, -0.2) is 4.98 Å². The highest BCUT2D eigenvalue weighted by atomic mass is 16.1. The quantitative estimate of drug-likeness (QED) is 0.875. The van der Waals surface area contributed by atoms with Crippen molar-refractivity contribution in [2.24, 2.45) is 0 Å². The Balaban J connectivity index is 2.29. The smallest absolute Gasteiger partial charge is 0.221 e. The Morgan fingerprint density at radius 3 is 2.76 bits per heavy atom. The molecule has 0 saturated heterocycles. The van der Waals surface area contributed by atoms with Crippen molar-refractivity contribution in [2.45, 2.75) is 26.8 Å². The van der Waals surface area contributed by atoms with Crippen LogP contribution >= 0.6 is 0 Å². The lowest BCUT2D eigenvalue weighted by Gasteiger charge is -2.05. The summed E-state index contributed by atoms with van der Waals surface area (Å²) in [7, 11) is 1.65. The molecule has 0 fully saturated rings. The van der Waals surface area contributed by atoms with Crippen LogP contribution in [-0.2, 0) is 11.3 Å². The highest BCUT2D eigenvalue weighted by Crippen LogP contribution is 2.18. The molecule has 1 N–H and O–H groups in total. The zero-order chi connectivity index (χ0) is 12.4. The van der Waals surface area contributed by atoms with E-state index in [1.807, 2.05) is 4.57 Å². The number of carbonyl (C=O) groups excluding carboxylic acids is 1. The van der Waals surface area contributed by atoms with E-state index < -0.39 is 0 Å². The van der Waals surface area contributed by atoms with Gasteiger partial charge >= 0.3 is 0 Å². The first kappa shape index (κ1) is 11.6. The van der Waals surface area contributed by atoms with Gasteiger partial charge in [0.05, 0.1) is 17.4 Å². The van der Waals surface area contributed by atoms with E-state index in [1.54, 1.807) is 13.4 Å². The van der Waals surface area contributed by atoms with Crippen molar-refractivity contribution in [1.82, 2.24) is 14.9 Å². The molecule has 0 atom stereocenters. The molecule has 1 amide bonds. The minimum absolute atomic E-state index is 0.0516. The van der Waals surface area contributed by atoms with Crippen molar-refractivity contribution < 1.29 is 4.79 Å². The molecule has 2 rings (SSSR count). The average molecular weight is 231 g/mol. The first-order valence-electron chi connectivity index (χ1n) is 5.74. The summed E-state index contributed by atoms with van der Waals surface area (Å²) in [6.07, 6.45) is 2.28. The molecule has 0 spiro atoms. The molecular weight excluding hydrogens is 214 g/mol. The molecule has 0 saturated carbocycles. The van der Waals surface area contributed by atoms with Gasteiger partial charge < -0.3 is 9.88 Å². The first-order chi connectivity index (χ1) is 8.11. The largest absolute Gasteiger partial charge is 0.359 e. The number of rotatable bonds is 3. The Labute approximate surface area is 101 Å². The summed E-state index contributed by atoms with van der Waals surface area (Å²) in [5.41, 5.74) is 4.58. The van der Waals surface area contributed by atoms with Crippen LogP contribution in [-0.4, -0.2) is 22.5 Å². The van der Waals surface area contributed by atoms with Gasteiger partial charge in [-0.05, 0) is 37.1 Å². The first-order valence-corrected chi connectivity index (χ1v) is 5.74. The lowest BCUT2D eigenvalue weighted by molar-refractivity contribution is -0.120. The van der Waals surface area contributed by atoms with Crippen molar-refractivity contribution in [1.29, 1.82) is 0 Å². The van der Waals surface area contributed by atoms with Crippen LogP contribution in [0.25, 0.3) is 11.0 Å². The Kier molecular flexibility index (Phi) is 3.13. The number of hydrogen-bond donors (Lipinski definition) is 1. The van der Waals surface area contributed by atoms with Crippen molar-refractivity contribution in [2.75, 3.05) is 7.05 Å². The summed E-state index contributed by atoms with van der Waals surface area (Å²) in [6.45, 7) is 4.84. The molecule has 0 radical (unpaired) electrons. The van der Waals surface area contributed by atoms with E-state index in [4.69, 9.17) is 0 Å². The highest BCUT2D eigenvalue weighted by Gasteiger charge is 2.06. The zero-order valence-electron chi connectivity index (χ0n) is 10.4. The number of imidazole rings is 1. The predicted octanol–water partition coefficient (Wildman–Crippen LogP) is 1.79. The number of hydrogen-bond acceptors (Lipinski definition) is 2. The minimum Gasteiger partial charge on any atom is -0.359 e. The maximum Gasteiger partial charge on any atom is 0.221 e. The average Bonchev–Trinajstić information content (AvgIpc) is 2.69. The van der Waals surface area contributed by atoms with Crippen LogP contribution in [0.5, 0.6) is 0 Å². The van der Waals surface area contributed by atoms with E-state index in [-0.39, 0.29) is 5.91 Å². The summed E-state index contributed by atoms with van der Waals surface area (Å²) >= 11 is 0. The van der Waals surface area contributed by atoms with Crippen LogP contribution in [0.3, 0.4) is 0 Å². The molecule has 90 valence electrons. The van der Waals surface area contributed by atoms with Gasteiger partial charge in [-0.2, -0.15) is 0 Å². The number of benzene rings is 1. The molecule has 1 aromatic carbocycles. The summed E-state index contributed by atoms with van der Waals surface area (Å²) in [5.74, 6) is 0.0516. The third-order valence-electron chi connectivity index (χ3n) is 3.10. The molecule has 0 aliphatic rings. The SMILES string of the molecule is CNC(=O)CCn1cnc2cc(C)c(C)cc21. The normalized spacial score (nSPS) is 10.8. The highest BCUT2D eigenvalue weighted by molar-refractivity contribution is 5.78. The van der Waals surface area contributed by atoms with Crippen molar-refractivity contribution in [3.8, 4) is 0 Å². The minimum atomic E-state index is 0.0516. The summed E-state index contributed by atoms with van der Waals surface area (Å²) < 4.78 is 2.02. The van der Waals surface area contributed by atoms with E-state index in [9.17, 15) is 4.79 Å². The molecule has 17 heavy (non-hydrogen) atoms. The molecular formula is C13H17N3O. The van der Waals surface area contributed by atoms with Gasteiger partial charge in [0.15, 0.2) is 0 Å². The second-order valence-electron chi connectivity index (χ2n) is 4.29. The van der Waals surface area contributed by atoms with Crippen LogP contribution < -0.4 is 5.32 Å². The molecule has 0 aliphatic heterocycles. The van der Waals surface area contributed by atoms with Crippen LogP contribution in [0.2, 0.25) is 0 Å². The lowest BCUT2D eigenvalue weighted by Crippen LogP contribution is -2.19. The van der Waals surface area contributed by atoms with Gasteiger partial charge in [0.1, 0.15) is 0 Å². The van der Waals surface area contributed by atoms with Gasteiger partial charge in [0, 0.05) is 20.0 Å². The molecule has 0 bridgehead atoms. The van der Waals surface area contributed by atoms with Crippen LogP contribution in [0.15, 0.2) is 18.5 Å². The zero-order valence-corrected chi connectivity index (χ0v) is 10.4. The van der Waals surface area contributed by atoms with Gasteiger partial charge in [0.2, 0.25) is 5.91 Å². The number of carbonyl (C=O) groups is 1. The Hall–Kier alpha value is -1.84. The van der Waals surface area contributed by atoms with E-state index in [0.717, 1.165) is 11.0 Å². The fraction of sp³-hybridized carbons (Fsp3) is 0.385. The second-order valence-corrected chi connectivity index (χ2v) is 4.29. The summed E-state index contributed by atoms with van der Waals surface area (Å²) in [4.78, 5) is 15.6. The van der Waals surface area contributed by atoms with Crippen LogP contribution in [0, 0.1) is 13.8 Å². The molecule has 2 aromatic rings. The molecule has 4 nitrogen and oxygen atoms in total. The van der Waals surface area contributed by atoms with E-state index in [0.29, 0.717) is 13.0 Å². The monoisotopic (exact) mass is 231 g/mol. The van der Waals surface area contributed by atoms with E-state index in [2.05, 4.69) is 36.3 Å². The van der Waals surface area contributed by atoms with E-state index in [1.165, 1.54) is 11.1 Å². The van der Waals surface area contributed by atoms with Crippen molar-refractivity contribution in [3.63, 3.8) is 0 Å². The van der Waals surface area contributed by atoms with Crippen molar-refractivity contribution in [3.05, 3.63) is 29.6 Å². The van der Waals surface area contributed by atoms with Gasteiger partial charge in [-0.15, -0.1) is 0 Å². The molecule has 0 aliphatic carbocycles. The number of fused-ring (bicyclic) bond motifs is 1. The predicted molar refractivity (Wildman–Crippen MR) is 67.9 cm³/mol. The Morgan fingerprint density at radius 1 is 1.35 bits per heavy atom. The molecule has 1 heterocycles. The molecule has 0 unspecified atom stereocenters. The number of nitrogens with zero attached hydrogens (tertiary/aromatic N) is 2. The summed E-state index contributed by atoms with van der Waals surface area (Å²) in [5, 5.41) is 2.62. The van der Waals surface area contributed by atoms with Gasteiger partial charge in [-0.1, -0.05) is 0 Å². The molecule has 1 aromatic heterocycles. The number of nitrogens with one attached hydrogen (secondary N) is 1. The second kappa shape index (κ2) is 4.57. The van der Waals surface area contributed by atoms with E-state index >= 15 is 0 Å². The number of amides is 1. The topological polar surface area (TPSA) is 46.9 Å². The van der Waals surface area contributed by atoms with Gasteiger partial charge in [-0.3, -0.25) is 4.79 Å². The third kappa shape index (κ3) is 2.30. The lowest BCUT2D eigenvalue weighted by atomic mass is 10.1. The number of aromatic nitrogens is 2. The fourth-order valence-electron chi connectivity index (χ4n) is 1.84. The molecule has 4 heteroatoms. The fourth-order valence-corrected chi connectivity index (χ4v) is 1.84. The Bertz CT molecular complexity index is 557. The maximum atomic E-state index is 11.2. The third-order valence-corrected chi connectivity index (χ3v) is 3.10. The summed E-state index contributed by atoms with van der Waals surface area (Å²) in [6, 6.07) is 4.21. The number of aryl methyl sites for hydroxylation is 3.